The molecule has 4 heteroatoms. The summed E-state index contributed by atoms with van der Waals surface area (Å²) in [5.74, 6) is -1.58. The molecule has 0 fully saturated rings. The second kappa shape index (κ2) is 5.56. The van der Waals surface area contributed by atoms with Crippen LogP contribution in [0.1, 0.15) is 8.35 Å². The van der Waals surface area contributed by atoms with E-state index in [0.29, 0.717) is 0 Å². The van der Waals surface area contributed by atoms with Crippen LogP contribution >= 0.6 is 0 Å². The van der Waals surface area contributed by atoms with E-state index in [4.69, 9.17) is 10.2 Å². The van der Waals surface area contributed by atoms with Crippen molar-refractivity contribution in [3.63, 3.8) is 0 Å². The van der Waals surface area contributed by atoms with Gasteiger partial charge in [0.15, 0.2) is 0 Å². The van der Waals surface area contributed by atoms with Crippen LogP contribution in [0.3, 0.4) is 0 Å². The van der Waals surface area contributed by atoms with E-state index in [1.54, 1.807) is 0 Å². The average Bonchev–Trinajstić information content (AvgIpc) is 1.65. The molecule has 0 aliphatic heterocycles. The maximum absolute atomic E-state index is 9.77. The summed E-state index contributed by atoms with van der Waals surface area (Å²) >= 11 is 0. The average molecular weight is 128 g/mol. The summed E-state index contributed by atoms with van der Waals surface area (Å²) in [4.78, 5) is 9.77. The largest absolute Gasteiger partial charge is 1.00 e. The van der Waals surface area contributed by atoms with Gasteiger partial charge in [-0.25, -0.2) is 0 Å². The molecule has 0 spiro atoms. The van der Waals surface area contributed by atoms with Gasteiger partial charge in [-0.1, -0.05) is 0 Å². The Bertz CT molecular complexity index is 78.2. The van der Waals surface area contributed by atoms with Crippen molar-refractivity contribution in [2.24, 2.45) is 5.92 Å². The molecule has 0 saturated carbocycles. The predicted octanol–water partition coefficient (Wildman–Crippen LogP) is -3.18. The van der Waals surface area contributed by atoms with E-state index < -0.39 is 11.9 Å². The molecule has 44 valence electrons. The molecule has 0 aromatic heterocycles. The first-order valence-electron chi connectivity index (χ1n) is 2.02. The Morgan fingerprint density at radius 3 is 2.25 bits per heavy atom. The van der Waals surface area contributed by atoms with Crippen molar-refractivity contribution in [3.05, 3.63) is 0 Å². The number of carbonyl (C=O) groups is 1. The summed E-state index contributed by atoms with van der Waals surface area (Å²) in [5.41, 5.74) is 0. The maximum Gasteiger partial charge on any atom is 1.00 e. The van der Waals surface area contributed by atoms with Crippen LogP contribution in [0.5, 0.6) is 0 Å². The Kier molecular flexibility index (Phi) is 7.83. The fourth-order valence-corrected chi connectivity index (χ4v) is 0.0781. The Morgan fingerprint density at radius 1 is 1.88 bits per heavy atom. The van der Waals surface area contributed by atoms with Crippen molar-refractivity contribution >= 4 is 5.97 Å². The van der Waals surface area contributed by atoms with E-state index in [9.17, 15) is 4.79 Å². The molecule has 0 bridgehead atoms. The minimum Gasteiger partial charge on any atom is -1.00 e. The van der Waals surface area contributed by atoms with Gasteiger partial charge in [-0.05, 0) is 6.92 Å². The van der Waals surface area contributed by atoms with Crippen LogP contribution in [-0.4, -0.2) is 22.8 Å². The zero-order valence-electron chi connectivity index (χ0n) is 6.09. The van der Waals surface area contributed by atoms with Crippen molar-refractivity contribution in [3.8, 4) is 0 Å². The minimum absolute atomic E-state index is 0. The summed E-state index contributed by atoms with van der Waals surface area (Å²) in [7, 11) is 0. The molecular weight excluding hydrogens is 119 g/mol. The number of carboxylic acids is 1. The summed E-state index contributed by atoms with van der Waals surface area (Å²) < 4.78 is 0. The van der Waals surface area contributed by atoms with Gasteiger partial charge in [-0.3, -0.25) is 4.79 Å². The van der Waals surface area contributed by atoms with Crippen molar-refractivity contribution in [2.75, 3.05) is 6.61 Å². The molecule has 1 atom stereocenters. The third kappa shape index (κ3) is 4.59. The van der Waals surface area contributed by atoms with E-state index in [1.165, 1.54) is 6.92 Å². The van der Waals surface area contributed by atoms with Gasteiger partial charge in [0.2, 0.25) is 0 Å². The Morgan fingerprint density at radius 2 is 2.25 bits per heavy atom. The SMILES string of the molecule is C[C@H](CO)C(=O)O.[H-].[Na+]. The topological polar surface area (TPSA) is 57.5 Å². The smallest absolute Gasteiger partial charge is 1.00 e. The number of hydrogen-bond donors (Lipinski definition) is 2. The van der Waals surface area contributed by atoms with Crippen LogP contribution < -0.4 is 29.6 Å². The second-order valence-corrected chi connectivity index (χ2v) is 1.42. The third-order valence-electron chi connectivity index (χ3n) is 0.695. The molecule has 3 nitrogen and oxygen atoms in total. The third-order valence-corrected chi connectivity index (χ3v) is 0.695. The van der Waals surface area contributed by atoms with Crippen molar-refractivity contribution < 1.29 is 46.0 Å². The van der Waals surface area contributed by atoms with Gasteiger partial charge in [0, 0.05) is 0 Å². The van der Waals surface area contributed by atoms with Gasteiger partial charge in [0.05, 0.1) is 12.5 Å². The zero-order chi connectivity index (χ0) is 5.86. The van der Waals surface area contributed by atoms with E-state index in [0.717, 1.165) is 0 Å². The van der Waals surface area contributed by atoms with Crippen LogP contribution in [0.15, 0.2) is 0 Å². The van der Waals surface area contributed by atoms with Gasteiger partial charge in [-0.2, -0.15) is 0 Å². The van der Waals surface area contributed by atoms with Crippen molar-refractivity contribution in [1.82, 2.24) is 0 Å². The first-order valence-corrected chi connectivity index (χ1v) is 2.02. The molecule has 8 heavy (non-hydrogen) atoms. The quantitative estimate of drug-likeness (QED) is 0.385. The minimum atomic E-state index is -0.956. The fraction of sp³-hybridized carbons (Fsp3) is 0.750. The molecule has 0 aliphatic rings. The van der Waals surface area contributed by atoms with Gasteiger partial charge in [0.1, 0.15) is 0 Å². The van der Waals surface area contributed by atoms with E-state index in [2.05, 4.69) is 0 Å². The molecule has 2 N–H and O–H groups in total. The maximum atomic E-state index is 9.77. The molecule has 0 unspecified atom stereocenters. The summed E-state index contributed by atoms with van der Waals surface area (Å²) in [6, 6.07) is 0. The normalized spacial score (nSPS) is 11.8. The van der Waals surface area contributed by atoms with Gasteiger partial charge < -0.3 is 11.6 Å². The Hall–Kier alpha value is 0.430. The predicted molar refractivity (Wildman–Crippen MR) is 25.0 cm³/mol. The molecule has 0 aromatic rings. The van der Waals surface area contributed by atoms with Gasteiger partial charge >= 0.3 is 35.5 Å². The Labute approximate surface area is 71.5 Å². The van der Waals surface area contributed by atoms with Gasteiger partial charge in [0.25, 0.3) is 0 Å². The van der Waals surface area contributed by atoms with Crippen LogP contribution in [0.25, 0.3) is 0 Å². The van der Waals surface area contributed by atoms with Crippen LogP contribution in [0.2, 0.25) is 0 Å². The number of aliphatic hydroxyl groups is 1. The molecule has 0 aliphatic carbocycles. The first-order chi connectivity index (χ1) is 3.18. The fourth-order valence-electron chi connectivity index (χ4n) is 0.0781. The summed E-state index contributed by atoms with van der Waals surface area (Å²) in [6.07, 6.45) is 0. The summed E-state index contributed by atoms with van der Waals surface area (Å²) in [5, 5.41) is 16.1. The molecule has 0 rings (SSSR count). The van der Waals surface area contributed by atoms with Crippen LogP contribution in [0, 0.1) is 5.92 Å². The van der Waals surface area contributed by atoms with E-state index >= 15 is 0 Å². The number of carboxylic acid groups (broad SMARTS) is 1. The standard InChI is InChI=1S/C4H8O3.Na.H/c1-3(2-5)4(6)7;;/h3,5H,2H2,1H3,(H,6,7);;/q;+1;-1/t3-;;/m1../s1. The summed E-state index contributed by atoms with van der Waals surface area (Å²) in [6.45, 7) is 1.16. The van der Waals surface area contributed by atoms with Crippen LogP contribution in [0.4, 0.5) is 0 Å². The number of aliphatic carboxylic acids is 1. The van der Waals surface area contributed by atoms with Crippen LogP contribution in [-0.2, 0) is 4.79 Å². The number of rotatable bonds is 2. The molecule has 0 heterocycles. The number of aliphatic hydroxyl groups excluding tert-OH is 1. The first kappa shape index (κ1) is 11.3. The second-order valence-electron chi connectivity index (χ2n) is 1.42. The van der Waals surface area contributed by atoms with E-state index in [1.807, 2.05) is 0 Å². The zero-order valence-corrected chi connectivity index (χ0v) is 7.09. The number of hydrogen-bond acceptors (Lipinski definition) is 2. The molecule has 0 amide bonds. The molecule has 0 aromatic carbocycles. The molecular formula is C4H9NaO3. The van der Waals surface area contributed by atoms with Crippen molar-refractivity contribution in [2.45, 2.75) is 6.92 Å². The Balaban J connectivity index is -0.000000180. The van der Waals surface area contributed by atoms with E-state index in [-0.39, 0.29) is 37.6 Å². The molecule has 0 radical (unpaired) electrons. The molecule has 0 saturated heterocycles. The van der Waals surface area contributed by atoms with Crippen molar-refractivity contribution in [1.29, 1.82) is 0 Å². The monoisotopic (exact) mass is 128 g/mol. The van der Waals surface area contributed by atoms with Gasteiger partial charge in [-0.15, -0.1) is 0 Å².